The minimum absolute atomic E-state index is 0.0132. The van der Waals surface area contributed by atoms with Gasteiger partial charge in [-0.3, -0.25) is 4.79 Å². The average molecular weight is 376 g/mol. The van der Waals surface area contributed by atoms with Gasteiger partial charge in [0.05, 0.1) is 24.3 Å². The molecule has 0 spiro atoms. The highest BCUT2D eigenvalue weighted by Gasteiger charge is 2.14. The van der Waals surface area contributed by atoms with Crippen LogP contribution in [-0.2, 0) is 9.47 Å². The molecule has 0 aliphatic rings. The molecule has 5 nitrogen and oxygen atoms in total. The Kier molecular flexibility index (Phi) is 6.22. The van der Waals surface area contributed by atoms with Crippen molar-refractivity contribution in [2.45, 2.75) is 6.92 Å². The Morgan fingerprint density at radius 2 is 2.19 bits per heavy atom. The van der Waals surface area contributed by atoms with E-state index in [2.05, 4.69) is 15.9 Å². The first kappa shape index (κ1) is 16.5. The van der Waals surface area contributed by atoms with E-state index in [4.69, 9.17) is 13.9 Å². The largest absolute Gasteiger partial charge is 0.438 e. The van der Waals surface area contributed by atoms with E-state index in [1.54, 1.807) is 13.2 Å². The number of ether oxygens (including phenoxy) is 2. The zero-order valence-electron chi connectivity index (χ0n) is 12.1. The Labute approximate surface area is 135 Å². The SMILES string of the molecule is CCN(CCOCCOC)c1cc(=O)c2scc(Br)c2o1. The maximum Gasteiger partial charge on any atom is 0.204 e. The lowest BCUT2D eigenvalue weighted by molar-refractivity contribution is 0.0739. The second kappa shape index (κ2) is 7.93. The van der Waals surface area contributed by atoms with Crippen LogP contribution in [0, 0.1) is 0 Å². The molecule has 0 saturated carbocycles. The maximum atomic E-state index is 12.1. The van der Waals surface area contributed by atoms with Gasteiger partial charge in [0.15, 0.2) is 11.5 Å². The monoisotopic (exact) mass is 375 g/mol. The summed E-state index contributed by atoms with van der Waals surface area (Å²) in [7, 11) is 1.64. The van der Waals surface area contributed by atoms with E-state index in [1.807, 2.05) is 17.2 Å². The molecule has 0 unspecified atom stereocenters. The molecule has 0 aliphatic heterocycles. The standard InChI is InChI=1S/C14H18BrNO4S/c1-3-16(4-5-19-7-6-18-2)12-8-11(17)14-13(20-12)10(15)9-21-14/h8-9H,3-7H2,1-2H3. The minimum Gasteiger partial charge on any atom is -0.438 e. The summed E-state index contributed by atoms with van der Waals surface area (Å²) < 4.78 is 17.7. The summed E-state index contributed by atoms with van der Waals surface area (Å²) in [5.74, 6) is 0.574. The highest BCUT2D eigenvalue weighted by molar-refractivity contribution is 9.10. The molecule has 2 aromatic heterocycles. The number of anilines is 1. The lowest BCUT2D eigenvalue weighted by atomic mass is 10.4. The summed E-state index contributed by atoms with van der Waals surface area (Å²) >= 11 is 4.79. The van der Waals surface area contributed by atoms with E-state index >= 15 is 0 Å². The van der Waals surface area contributed by atoms with Crippen LogP contribution in [0.15, 0.2) is 25.1 Å². The molecule has 116 valence electrons. The minimum atomic E-state index is -0.0132. The van der Waals surface area contributed by atoms with Crippen molar-refractivity contribution >= 4 is 43.4 Å². The summed E-state index contributed by atoms with van der Waals surface area (Å²) in [6.07, 6.45) is 0. The summed E-state index contributed by atoms with van der Waals surface area (Å²) in [6, 6.07) is 1.55. The van der Waals surface area contributed by atoms with Crippen LogP contribution in [0.1, 0.15) is 6.92 Å². The van der Waals surface area contributed by atoms with Crippen LogP contribution in [0.4, 0.5) is 5.88 Å². The summed E-state index contributed by atoms with van der Waals surface area (Å²) in [4.78, 5) is 14.1. The molecule has 0 amide bonds. The number of halogens is 1. The summed E-state index contributed by atoms with van der Waals surface area (Å²) in [5.41, 5.74) is 0.599. The third-order valence-electron chi connectivity index (χ3n) is 3.02. The van der Waals surface area contributed by atoms with Crippen LogP contribution in [0.25, 0.3) is 10.3 Å². The van der Waals surface area contributed by atoms with E-state index in [0.29, 0.717) is 42.5 Å². The molecule has 0 atom stereocenters. The van der Waals surface area contributed by atoms with Gasteiger partial charge < -0.3 is 18.8 Å². The quantitative estimate of drug-likeness (QED) is 0.663. The first-order chi connectivity index (χ1) is 10.2. The van der Waals surface area contributed by atoms with Gasteiger partial charge in [-0.05, 0) is 22.9 Å². The first-order valence-electron chi connectivity index (χ1n) is 6.69. The summed E-state index contributed by atoms with van der Waals surface area (Å²) in [5, 5.41) is 1.86. The van der Waals surface area contributed by atoms with Crippen LogP contribution >= 0.6 is 27.3 Å². The predicted octanol–water partition coefficient (Wildman–Crippen LogP) is 3.11. The van der Waals surface area contributed by atoms with Crippen molar-refractivity contribution < 1.29 is 13.9 Å². The molecular formula is C14H18BrNO4S. The van der Waals surface area contributed by atoms with Crippen molar-refractivity contribution in [3.8, 4) is 0 Å². The molecule has 2 rings (SSSR count). The molecule has 0 aliphatic carbocycles. The fourth-order valence-corrected chi connectivity index (χ4v) is 3.35. The number of methoxy groups -OCH3 is 1. The number of rotatable bonds is 8. The smallest absolute Gasteiger partial charge is 0.204 e. The van der Waals surface area contributed by atoms with Gasteiger partial charge in [-0.25, -0.2) is 0 Å². The second-order valence-electron chi connectivity index (χ2n) is 4.38. The zero-order valence-corrected chi connectivity index (χ0v) is 14.5. The molecule has 7 heteroatoms. The van der Waals surface area contributed by atoms with Crippen LogP contribution < -0.4 is 10.3 Å². The van der Waals surface area contributed by atoms with E-state index in [0.717, 1.165) is 11.0 Å². The van der Waals surface area contributed by atoms with Gasteiger partial charge in [0.1, 0.15) is 4.70 Å². The molecule has 0 N–H and O–H groups in total. The van der Waals surface area contributed by atoms with E-state index in [-0.39, 0.29) is 5.43 Å². The Morgan fingerprint density at radius 3 is 2.90 bits per heavy atom. The number of hydrogen-bond acceptors (Lipinski definition) is 6. The molecule has 0 radical (unpaired) electrons. The Hall–Kier alpha value is -0.890. The van der Waals surface area contributed by atoms with Crippen molar-refractivity contribution in [3.05, 3.63) is 26.1 Å². The zero-order chi connectivity index (χ0) is 15.2. The first-order valence-corrected chi connectivity index (χ1v) is 8.37. The van der Waals surface area contributed by atoms with Crippen molar-refractivity contribution in [1.29, 1.82) is 0 Å². The van der Waals surface area contributed by atoms with Gasteiger partial charge in [0.25, 0.3) is 0 Å². The third-order valence-corrected chi connectivity index (χ3v) is 4.89. The lowest BCUT2D eigenvalue weighted by Crippen LogP contribution is -2.28. The van der Waals surface area contributed by atoms with E-state index in [9.17, 15) is 4.79 Å². The fraction of sp³-hybridized carbons (Fsp3) is 0.500. The number of hydrogen-bond donors (Lipinski definition) is 0. The predicted molar refractivity (Wildman–Crippen MR) is 88.6 cm³/mol. The number of fused-ring (bicyclic) bond motifs is 1. The number of thiophene rings is 1. The average Bonchev–Trinajstić information content (AvgIpc) is 2.85. The Bertz CT molecular complexity index is 639. The lowest BCUT2D eigenvalue weighted by Gasteiger charge is -2.21. The summed E-state index contributed by atoms with van der Waals surface area (Å²) in [6.45, 7) is 5.12. The Balaban J connectivity index is 2.10. The molecule has 0 bridgehead atoms. The molecule has 21 heavy (non-hydrogen) atoms. The van der Waals surface area contributed by atoms with E-state index < -0.39 is 0 Å². The number of nitrogens with zero attached hydrogens (tertiary/aromatic N) is 1. The fourth-order valence-electron chi connectivity index (χ4n) is 1.90. The molecule has 0 fully saturated rings. The van der Waals surface area contributed by atoms with Gasteiger partial charge in [0.2, 0.25) is 5.43 Å². The highest BCUT2D eigenvalue weighted by atomic mass is 79.9. The van der Waals surface area contributed by atoms with E-state index in [1.165, 1.54) is 11.3 Å². The van der Waals surface area contributed by atoms with Gasteiger partial charge in [-0.1, -0.05) is 0 Å². The van der Waals surface area contributed by atoms with Gasteiger partial charge >= 0.3 is 0 Å². The van der Waals surface area contributed by atoms with Gasteiger partial charge in [-0.2, -0.15) is 0 Å². The van der Waals surface area contributed by atoms with Crippen molar-refractivity contribution in [3.63, 3.8) is 0 Å². The molecule has 0 saturated heterocycles. The van der Waals surface area contributed by atoms with Gasteiger partial charge in [-0.15, -0.1) is 11.3 Å². The Morgan fingerprint density at radius 1 is 1.38 bits per heavy atom. The normalized spacial score (nSPS) is 11.2. The van der Waals surface area contributed by atoms with Crippen LogP contribution in [0.2, 0.25) is 0 Å². The second-order valence-corrected chi connectivity index (χ2v) is 6.11. The molecule has 2 aromatic rings. The van der Waals surface area contributed by atoms with Crippen molar-refractivity contribution in [2.24, 2.45) is 0 Å². The van der Waals surface area contributed by atoms with Crippen molar-refractivity contribution in [1.82, 2.24) is 0 Å². The maximum absolute atomic E-state index is 12.1. The van der Waals surface area contributed by atoms with Crippen LogP contribution in [0.3, 0.4) is 0 Å². The number of likely N-dealkylation sites (N-methyl/N-ethyl adjacent to an activating group) is 1. The highest BCUT2D eigenvalue weighted by Crippen LogP contribution is 2.30. The topological polar surface area (TPSA) is 51.9 Å². The van der Waals surface area contributed by atoms with Crippen LogP contribution in [0.5, 0.6) is 0 Å². The molecule has 0 aromatic carbocycles. The van der Waals surface area contributed by atoms with Gasteiger partial charge in [0, 0.05) is 31.6 Å². The van der Waals surface area contributed by atoms with Crippen LogP contribution in [-0.4, -0.2) is 40.0 Å². The molecule has 2 heterocycles. The van der Waals surface area contributed by atoms with Crippen molar-refractivity contribution in [2.75, 3.05) is 44.9 Å². The third kappa shape index (κ3) is 4.06. The molecular weight excluding hydrogens is 358 g/mol.